The minimum absolute atomic E-state index is 0.0264. The van der Waals surface area contributed by atoms with Crippen molar-refractivity contribution in [2.75, 3.05) is 25.2 Å². The van der Waals surface area contributed by atoms with E-state index in [1.54, 1.807) is 47.4 Å². The van der Waals surface area contributed by atoms with Crippen molar-refractivity contribution in [3.63, 3.8) is 0 Å². The van der Waals surface area contributed by atoms with Crippen LogP contribution in [0, 0.1) is 0 Å². The third-order valence-electron chi connectivity index (χ3n) is 6.32. The number of hydrogen-bond donors (Lipinski definition) is 1. The van der Waals surface area contributed by atoms with E-state index in [-0.39, 0.29) is 11.7 Å². The number of nitrogens with one attached hydrogen (secondary N) is 1. The highest BCUT2D eigenvalue weighted by Crippen LogP contribution is 2.46. The summed E-state index contributed by atoms with van der Waals surface area (Å²) >= 11 is 3.36. The van der Waals surface area contributed by atoms with Gasteiger partial charge in [0.2, 0.25) is 0 Å². The van der Waals surface area contributed by atoms with E-state index >= 15 is 0 Å². The van der Waals surface area contributed by atoms with Crippen LogP contribution < -0.4 is 5.32 Å². The number of thioether (sulfide) groups is 1. The van der Waals surface area contributed by atoms with E-state index in [9.17, 15) is 14.4 Å². The van der Waals surface area contributed by atoms with Crippen LogP contribution in [0.2, 0.25) is 0 Å². The van der Waals surface area contributed by atoms with Gasteiger partial charge in [-0.05, 0) is 48.2 Å². The Morgan fingerprint density at radius 2 is 1.91 bits per heavy atom. The summed E-state index contributed by atoms with van der Waals surface area (Å²) in [5, 5.41) is 5.40. The number of thiophene rings is 1. The van der Waals surface area contributed by atoms with E-state index in [1.807, 2.05) is 18.4 Å². The van der Waals surface area contributed by atoms with Gasteiger partial charge in [-0.2, -0.15) is 11.8 Å². The Morgan fingerprint density at radius 1 is 1.14 bits per heavy atom. The SMILES string of the molecule is CCSCCOC(=O)C1=C(C)NC2=C(C(=O)C[C@H](c3cccs3)C2)[C@@H]1c1ccc(C(=O)OC)cc1. The van der Waals surface area contributed by atoms with Crippen molar-refractivity contribution >= 4 is 40.8 Å². The number of esters is 2. The summed E-state index contributed by atoms with van der Waals surface area (Å²) in [4.78, 5) is 40.0. The fourth-order valence-corrected chi connectivity index (χ4v) is 6.03. The van der Waals surface area contributed by atoms with E-state index in [2.05, 4.69) is 18.3 Å². The third kappa shape index (κ3) is 5.38. The van der Waals surface area contributed by atoms with Gasteiger partial charge < -0.3 is 14.8 Å². The summed E-state index contributed by atoms with van der Waals surface area (Å²) in [6, 6.07) is 11.0. The van der Waals surface area contributed by atoms with Crippen LogP contribution in [0.4, 0.5) is 0 Å². The Morgan fingerprint density at radius 3 is 2.57 bits per heavy atom. The second kappa shape index (κ2) is 11.3. The molecule has 0 unspecified atom stereocenters. The number of dihydropyridines is 1. The molecule has 8 heteroatoms. The lowest BCUT2D eigenvalue weighted by atomic mass is 9.72. The molecule has 6 nitrogen and oxygen atoms in total. The van der Waals surface area contributed by atoms with E-state index < -0.39 is 17.9 Å². The molecule has 0 amide bonds. The molecule has 1 N–H and O–H groups in total. The topological polar surface area (TPSA) is 81.7 Å². The Hall–Kier alpha value is -2.84. The Bertz CT molecular complexity index is 1160. The summed E-state index contributed by atoms with van der Waals surface area (Å²) in [5.74, 6) is 0.396. The van der Waals surface area contributed by atoms with Gasteiger partial charge >= 0.3 is 11.9 Å². The molecule has 1 aliphatic heterocycles. The molecule has 1 aliphatic carbocycles. The van der Waals surface area contributed by atoms with Crippen molar-refractivity contribution in [1.29, 1.82) is 0 Å². The maximum Gasteiger partial charge on any atom is 0.337 e. The summed E-state index contributed by atoms with van der Waals surface area (Å²) in [7, 11) is 1.34. The summed E-state index contributed by atoms with van der Waals surface area (Å²) in [5.41, 5.74) is 3.79. The van der Waals surface area contributed by atoms with Crippen LogP contribution >= 0.6 is 23.1 Å². The highest BCUT2D eigenvalue weighted by molar-refractivity contribution is 7.99. The van der Waals surface area contributed by atoms with Crippen molar-refractivity contribution < 1.29 is 23.9 Å². The standard InChI is InChI=1S/C27H29NO5S2/c1-4-34-13-11-33-27(31)23-16(2)28-20-14-19(22-6-5-12-35-22)15-21(29)25(20)24(23)17-7-9-18(10-8-17)26(30)32-3/h5-10,12,19,24,28H,4,11,13-15H2,1-3H3/t19-,24-/m1/s1. The Labute approximate surface area is 213 Å². The molecule has 1 aromatic carbocycles. The highest BCUT2D eigenvalue weighted by atomic mass is 32.2. The predicted octanol–water partition coefficient (Wildman–Crippen LogP) is 5.19. The number of allylic oxidation sites excluding steroid dienone is 3. The average Bonchev–Trinajstić information content (AvgIpc) is 3.40. The summed E-state index contributed by atoms with van der Waals surface area (Å²) in [6.45, 7) is 4.23. The number of hydrogen-bond acceptors (Lipinski definition) is 8. The zero-order valence-electron chi connectivity index (χ0n) is 20.1. The number of carbonyl (C=O) groups is 3. The van der Waals surface area contributed by atoms with Gasteiger partial charge in [0.05, 0.1) is 18.2 Å². The van der Waals surface area contributed by atoms with Gasteiger partial charge in [-0.3, -0.25) is 4.79 Å². The minimum atomic E-state index is -0.555. The molecule has 2 heterocycles. The maximum atomic E-state index is 13.6. The second-order valence-corrected chi connectivity index (χ2v) is 10.9. The van der Waals surface area contributed by atoms with Gasteiger partial charge in [0.15, 0.2) is 5.78 Å². The first-order chi connectivity index (χ1) is 16.9. The van der Waals surface area contributed by atoms with Crippen LogP contribution in [-0.4, -0.2) is 42.9 Å². The predicted molar refractivity (Wildman–Crippen MR) is 139 cm³/mol. The van der Waals surface area contributed by atoms with Gasteiger partial charge in [0.1, 0.15) is 6.61 Å². The number of methoxy groups -OCH3 is 1. The zero-order chi connectivity index (χ0) is 24.9. The molecule has 0 bridgehead atoms. The quantitative estimate of drug-likeness (QED) is 0.386. The molecule has 0 saturated heterocycles. The maximum absolute atomic E-state index is 13.6. The van der Waals surface area contributed by atoms with Crippen LogP contribution in [-0.2, 0) is 19.1 Å². The molecule has 184 valence electrons. The fraction of sp³-hybridized carbons (Fsp3) is 0.370. The number of carbonyl (C=O) groups excluding carboxylic acids is 3. The molecular formula is C27H29NO5S2. The van der Waals surface area contributed by atoms with Crippen LogP contribution in [0.1, 0.15) is 59.3 Å². The van der Waals surface area contributed by atoms with E-state index in [1.165, 1.54) is 12.0 Å². The normalized spacial score (nSPS) is 19.8. The van der Waals surface area contributed by atoms with Crippen LogP contribution in [0.25, 0.3) is 0 Å². The Kier molecular flexibility index (Phi) is 8.13. The first-order valence-electron chi connectivity index (χ1n) is 11.6. The second-order valence-electron chi connectivity index (χ2n) is 8.48. The lowest BCUT2D eigenvalue weighted by molar-refractivity contribution is -0.138. The van der Waals surface area contributed by atoms with Crippen molar-refractivity contribution in [3.8, 4) is 0 Å². The molecule has 4 rings (SSSR count). The zero-order valence-corrected chi connectivity index (χ0v) is 21.7. The highest BCUT2D eigenvalue weighted by Gasteiger charge is 2.41. The van der Waals surface area contributed by atoms with Gasteiger partial charge in [0.25, 0.3) is 0 Å². The van der Waals surface area contributed by atoms with Gasteiger partial charge in [-0.25, -0.2) is 9.59 Å². The first-order valence-corrected chi connectivity index (χ1v) is 13.7. The Balaban J connectivity index is 1.72. The number of ether oxygens (including phenoxy) is 2. The first kappa shape index (κ1) is 25.3. The third-order valence-corrected chi connectivity index (χ3v) is 8.22. The number of rotatable bonds is 8. The van der Waals surface area contributed by atoms with Crippen LogP contribution in [0.5, 0.6) is 0 Å². The number of Topliss-reactive ketones (excluding diaryl/α,β-unsaturated/α-hetero) is 1. The van der Waals surface area contributed by atoms with Gasteiger partial charge in [-0.15, -0.1) is 11.3 Å². The molecule has 35 heavy (non-hydrogen) atoms. The number of ketones is 1. The molecule has 2 atom stereocenters. The van der Waals surface area contributed by atoms with Crippen molar-refractivity contribution in [3.05, 3.63) is 80.3 Å². The molecule has 0 spiro atoms. The van der Waals surface area contributed by atoms with Gasteiger partial charge in [0, 0.05) is 45.9 Å². The average molecular weight is 512 g/mol. The molecule has 0 radical (unpaired) electrons. The smallest absolute Gasteiger partial charge is 0.337 e. The lowest BCUT2D eigenvalue weighted by Crippen LogP contribution is -2.36. The van der Waals surface area contributed by atoms with E-state index in [0.29, 0.717) is 41.9 Å². The van der Waals surface area contributed by atoms with Crippen molar-refractivity contribution in [2.24, 2.45) is 0 Å². The van der Waals surface area contributed by atoms with E-state index in [0.717, 1.165) is 22.8 Å². The fourth-order valence-electron chi connectivity index (χ4n) is 4.71. The largest absolute Gasteiger partial charge is 0.465 e. The monoisotopic (exact) mass is 511 g/mol. The summed E-state index contributed by atoms with van der Waals surface area (Å²) < 4.78 is 10.4. The molecule has 2 aromatic rings. The van der Waals surface area contributed by atoms with Crippen LogP contribution in [0.3, 0.4) is 0 Å². The van der Waals surface area contributed by atoms with Crippen molar-refractivity contribution in [2.45, 2.75) is 38.5 Å². The van der Waals surface area contributed by atoms with E-state index in [4.69, 9.17) is 9.47 Å². The molecule has 0 fully saturated rings. The molecule has 2 aliphatic rings. The lowest BCUT2D eigenvalue weighted by Gasteiger charge is -2.36. The summed E-state index contributed by atoms with van der Waals surface area (Å²) in [6.07, 6.45) is 1.09. The van der Waals surface area contributed by atoms with Crippen molar-refractivity contribution in [1.82, 2.24) is 5.32 Å². The van der Waals surface area contributed by atoms with Crippen LogP contribution in [0.15, 0.2) is 64.3 Å². The number of benzene rings is 1. The van der Waals surface area contributed by atoms with Gasteiger partial charge in [-0.1, -0.05) is 25.1 Å². The molecule has 0 saturated carbocycles. The molecule has 1 aromatic heterocycles. The minimum Gasteiger partial charge on any atom is -0.465 e. The molecular weight excluding hydrogens is 482 g/mol.